The van der Waals surface area contributed by atoms with Gasteiger partial charge in [-0.05, 0) is 35.0 Å². The maximum absolute atomic E-state index is 11.5. The van der Waals surface area contributed by atoms with Gasteiger partial charge in [0.15, 0.2) is 0 Å². The van der Waals surface area contributed by atoms with E-state index in [2.05, 4.69) is 33.1 Å². The Balaban J connectivity index is 2.38. The summed E-state index contributed by atoms with van der Waals surface area (Å²) in [7, 11) is 0. The molecule has 1 N–H and O–H groups in total. The molecule has 4 heteroatoms. The van der Waals surface area contributed by atoms with Crippen LogP contribution in [0.1, 0.15) is 23.0 Å². The average molecular weight is 272 g/mol. The minimum absolute atomic E-state index is 0.0291. The van der Waals surface area contributed by atoms with E-state index in [-0.39, 0.29) is 5.91 Å². The van der Waals surface area contributed by atoms with Crippen LogP contribution in [0.4, 0.5) is 0 Å². The summed E-state index contributed by atoms with van der Waals surface area (Å²) in [5.74, 6) is 5.64. The Kier molecular flexibility index (Phi) is 4.71. The van der Waals surface area contributed by atoms with Crippen molar-refractivity contribution in [1.29, 1.82) is 0 Å². The predicted molar refractivity (Wildman–Crippen MR) is 62.4 cm³/mol. The number of rotatable bonds is 3. The largest absolute Gasteiger partial charge is 0.350 e. The molecular weight excluding hydrogens is 262 g/mol. The van der Waals surface area contributed by atoms with E-state index in [9.17, 15) is 4.79 Å². The molecule has 0 aliphatic rings. The van der Waals surface area contributed by atoms with Crippen molar-refractivity contribution >= 4 is 33.2 Å². The molecule has 0 unspecified atom stereocenters. The van der Waals surface area contributed by atoms with Crippen LogP contribution in [-0.4, -0.2) is 12.5 Å². The Hall–Kier alpha value is -0.790. The molecule has 0 spiro atoms. The number of hydrogen-bond donors (Lipinski definition) is 1. The van der Waals surface area contributed by atoms with E-state index >= 15 is 0 Å². The molecule has 1 heterocycles. The van der Waals surface area contributed by atoms with E-state index in [4.69, 9.17) is 0 Å². The number of carbonyl (C=O) groups is 1. The van der Waals surface area contributed by atoms with Gasteiger partial charge in [-0.2, -0.15) is 0 Å². The van der Waals surface area contributed by atoms with Gasteiger partial charge in [-0.1, -0.05) is 0 Å². The Morgan fingerprint density at radius 3 is 3.00 bits per heavy atom. The number of thiophene rings is 1. The highest BCUT2D eigenvalue weighted by atomic mass is 79.9. The van der Waals surface area contributed by atoms with Crippen LogP contribution in [0.15, 0.2) is 15.9 Å². The summed E-state index contributed by atoms with van der Waals surface area (Å²) in [5, 5.41) is 2.80. The van der Waals surface area contributed by atoms with Crippen LogP contribution in [0.3, 0.4) is 0 Å². The second kappa shape index (κ2) is 5.84. The van der Waals surface area contributed by atoms with Gasteiger partial charge in [0.2, 0.25) is 0 Å². The third-order valence-electron chi connectivity index (χ3n) is 1.51. The molecular formula is C10H10BrNOS. The maximum atomic E-state index is 11.5. The van der Waals surface area contributed by atoms with Gasteiger partial charge in [-0.15, -0.1) is 23.2 Å². The summed E-state index contributed by atoms with van der Waals surface area (Å²) in [5.41, 5.74) is 0. The normalized spacial score (nSPS) is 9.00. The molecule has 1 aromatic heterocycles. The number of hydrogen-bond acceptors (Lipinski definition) is 2. The van der Waals surface area contributed by atoms with Gasteiger partial charge in [0.1, 0.15) is 0 Å². The van der Waals surface area contributed by atoms with Gasteiger partial charge in [-0.3, -0.25) is 4.79 Å². The first-order chi connectivity index (χ1) is 6.74. The molecule has 0 fully saturated rings. The zero-order valence-corrected chi connectivity index (χ0v) is 10.2. The monoisotopic (exact) mass is 271 g/mol. The van der Waals surface area contributed by atoms with Crippen LogP contribution in [-0.2, 0) is 0 Å². The topological polar surface area (TPSA) is 29.1 Å². The second-order valence-corrected chi connectivity index (χ2v) is 5.00. The highest BCUT2D eigenvalue weighted by molar-refractivity contribution is 9.11. The van der Waals surface area contributed by atoms with Crippen LogP contribution in [0.5, 0.6) is 0 Å². The SMILES string of the molecule is CC#CCCNC(=O)c1ccc(Br)s1. The molecule has 0 aliphatic heterocycles. The summed E-state index contributed by atoms with van der Waals surface area (Å²) in [6, 6.07) is 3.67. The van der Waals surface area contributed by atoms with E-state index in [0.717, 1.165) is 8.66 Å². The van der Waals surface area contributed by atoms with Gasteiger partial charge >= 0.3 is 0 Å². The number of carbonyl (C=O) groups excluding carboxylic acids is 1. The average Bonchev–Trinajstić information content (AvgIpc) is 2.59. The summed E-state index contributed by atoms with van der Waals surface area (Å²) in [6.45, 7) is 2.40. The molecule has 0 aromatic carbocycles. The quantitative estimate of drug-likeness (QED) is 0.665. The molecule has 0 radical (unpaired) electrons. The lowest BCUT2D eigenvalue weighted by molar-refractivity contribution is 0.0958. The highest BCUT2D eigenvalue weighted by Gasteiger charge is 2.06. The predicted octanol–water partition coefficient (Wildman–Crippen LogP) is 2.65. The molecule has 74 valence electrons. The van der Waals surface area contributed by atoms with Crippen LogP contribution in [0, 0.1) is 11.8 Å². The summed E-state index contributed by atoms with van der Waals surface area (Å²) >= 11 is 4.74. The molecule has 0 saturated heterocycles. The molecule has 2 nitrogen and oxygen atoms in total. The first-order valence-electron chi connectivity index (χ1n) is 4.17. The van der Waals surface area contributed by atoms with Gasteiger partial charge < -0.3 is 5.32 Å². The molecule has 14 heavy (non-hydrogen) atoms. The number of halogens is 1. The molecule has 0 saturated carbocycles. The van der Waals surface area contributed by atoms with Crippen molar-refractivity contribution in [2.24, 2.45) is 0 Å². The maximum Gasteiger partial charge on any atom is 0.261 e. The van der Waals surface area contributed by atoms with Gasteiger partial charge in [0.25, 0.3) is 5.91 Å². The van der Waals surface area contributed by atoms with Crippen molar-refractivity contribution < 1.29 is 4.79 Å². The van der Waals surface area contributed by atoms with Crippen LogP contribution >= 0.6 is 27.3 Å². The van der Waals surface area contributed by atoms with Crippen molar-refractivity contribution in [2.75, 3.05) is 6.54 Å². The third kappa shape index (κ3) is 3.52. The summed E-state index contributed by atoms with van der Waals surface area (Å²) in [6.07, 6.45) is 0.703. The lowest BCUT2D eigenvalue weighted by Gasteiger charge is -1.98. The lowest BCUT2D eigenvalue weighted by atomic mass is 10.4. The Labute approximate surface area is 95.8 Å². The molecule has 1 rings (SSSR count). The third-order valence-corrected chi connectivity index (χ3v) is 3.13. The minimum atomic E-state index is -0.0291. The first kappa shape index (κ1) is 11.3. The van der Waals surface area contributed by atoms with Crippen molar-refractivity contribution in [2.45, 2.75) is 13.3 Å². The van der Waals surface area contributed by atoms with E-state index in [1.54, 1.807) is 13.0 Å². The molecule has 0 bridgehead atoms. The fourth-order valence-electron chi connectivity index (χ4n) is 0.887. The summed E-state index contributed by atoms with van der Waals surface area (Å²) in [4.78, 5) is 12.2. The van der Waals surface area contributed by atoms with E-state index < -0.39 is 0 Å². The fraction of sp³-hybridized carbons (Fsp3) is 0.300. The van der Waals surface area contributed by atoms with Crippen molar-refractivity contribution in [3.63, 3.8) is 0 Å². The number of nitrogens with one attached hydrogen (secondary N) is 1. The van der Waals surface area contributed by atoms with Crippen molar-refractivity contribution in [3.05, 3.63) is 20.8 Å². The fourth-order valence-corrected chi connectivity index (χ4v) is 2.19. The Morgan fingerprint density at radius 2 is 2.43 bits per heavy atom. The number of amides is 1. The van der Waals surface area contributed by atoms with Crippen molar-refractivity contribution in [1.82, 2.24) is 5.32 Å². The molecule has 1 amide bonds. The van der Waals surface area contributed by atoms with Gasteiger partial charge in [0.05, 0.1) is 8.66 Å². The lowest BCUT2D eigenvalue weighted by Crippen LogP contribution is -2.23. The minimum Gasteiger partial charge on any atom is -0.350 e. The Bertz CT molecular complexity index is 375. The van der Waals surface area contributed by atoms with Gasteiger partial charge in [0, 0.05) is 13.0 Å². The molecule has 1 aromatic rings. The standard InChI is InChI=1S/C10H10BrNOS/c1-2-3-4-7-12-10(13)8-5-6-9(11)14-8/h5-6H,4,7H2,1H3,(H,12,13). The highest BCUT2D eigenvalue weighted by Crippen LogP contribution is 2.21. The van der Waals surface area contributed by atoms with E-state index in [1.165, 1.54) is 11.3 Å². The van der Waals surface area contributed by atoms with Crippen molar-refractivity contribution in [3.8, 4) is 11.8 Å². The second-order valence-electron chi connectivity index (χ2n) is 2.54. The van der Waals surface area contributed by atoms with Crippen LogP contribution in [0.25, 0.3) is 0 Å². The zero-order valence-electron chi connectivity index (χ0n) is 7.76. The van der Waals surface area contributed by atoms with E-state index in [1.807, 2.05) is 6.07 Å². The van der Waals surface area contributed by atoms with E-state index in [0.29, 0.717) is 13.0 Å². The van der Waals surface area contributed by atoms with Crippen LogP contribution in [0.2, 0.25) is 0 Å². The zero-order chi connectivity index (χ0) is 10.4. The molecule has 0 atom stereocenters. The molecule has 0 aliphatic carbocycles. The Morgan fingerprint density at radius 1 is 1.64 bits per heavy atom. The van der Waals surface area contributed by atoms with Crippen LogP contribution < -0.4 is 5.32 Å². The first-order valence-corrected chi connectivity index (χ1v) is 5.78. The van der Waals surface area contributed by atoms with Gasteiger partial charge in [-0.25, -0.2) is 0 Å². The smallest absolute Gasteiger partial charge is 0.261 e. The summed E-state index contributed by atoms with van der Waals surface area (Å²) < 4.78 is 0.969.